The summed E-state index contributed by atoms with van der Waals surface area (Å²) in [6.07, 6.45) is 4.66. The lowest BCUT2D eigenvalue weighted by Gasteiger charge is -2.40. The summed E-state index contributed by atoms with van der Waals surface area (Å²) in [5.41, 5.74) is 0.547. The molecule has 0 radical (unpaired) electrons. The highest BCUT2D eigenvalue weighted by atomic mass is 32.2. The summed E-state index contributed by atoms with van der Waals surface area (Å²) < 4.78 is 5.39. The van der Waals surface area contributed by atoms with Gasteiger partial charge in [0.05, 0.1) is 13.0 Å². The minimum atomic E-state index is -0.0444. The van der Waals surface area contributed by atoms with Crippen LogP contribution >= 0.6 is 11.8 Å². The van der Waals surface area contributed by atoms with Crippen molar-refractivity contribution in [1.82, 2.24) is 0 Å². The Hall–Kier alpha value is -0.180. The first-order chi connectivity index (χ1) is 8.37. The molecule has 0 N–H and O–H groups in total. The average Bonchev–Trinajstić information content (AvgIpc) is 2.71. The standard InChI is InChI=1S/C15H26O2S/c1-5-17-13(16)6-7-18-15(4)10-11-8-12(15)9-14(11,2)3/h11-12H,5-10H2,1-4H3. The number of hydrogen-bond donors (Lipinski definition) is 0. The van der Waals surface area contributed by atoms with Crippen molar-refractivity contribution in [2.75, 3.05) is 12.4 Å². The molecule has 0 spiro atoms. The fraction of sp³-hybridized carbons (Fsp3) is 0.933. The van der Waals surface area contributed by atoms with E-state index in [9.17, 15) is 4.79 Å². The van der Waals surface area contributed by atoms with Crippen LogP contribution in [0.1, 0.15) is 53.4 Å². The minimum Gasteiger partial charge on any atom is -0.466 e. The van der Waals surface area contributed by atoms with Gasteiger partial charge in [-0.3, -0.25) is 4.79 Å². The molecule has 2 fully saturated rings. The van der Waals surface area contributed by atoms with Gasteiger partial charge in [-0.25, -0.2) is 0 Å². The molecule has 2 aliphatic rings. The Balaban J connectivity index is 1.79. The molecule has 0 aromatic carbocycles. The number of carbonyl (C=O) groups is 1. The Kier molecular flexibility index (Phi) is 4.01. The van der Waals surface area contributed by atoms with E-state index in [-0.39, 0.29) is 5.97 Å². The number of carbonyl (C=O) groups excluding carboxylic acids is 1. The highest BCUT2D eigenvalue weighted by Crippen LogP contribution is 2.63. The molecule has 2 bridgehead atoms. The van der Waals surface area contributed by atoms with E-state index in [1.807, 2.05) is 18.7 Å². The predicted molar refractivity (Wildman–Crippen MR) is 76.7 cm³/mol. The third kappa shape index (κ3) is 2.71. The largest absolute Gasteiger partial charge is 0.466 e. The van der Waals surface area contributed by atoms with Crippen LogP contribution in [0.4, 0.5) is 0 Å². The van der Waals surface area contributed by atoms with E-state index in [0.717, 1.165) is 17.6 Å². The zero-order chi connectivity index (χ0) is 13.4. The van der Waals surface area contributed by atoms with Gasteiger partial charge in [-0.1, -0.05) is 20.8 Å². The topological polar surface area (TPSA) is 26.3 Å². The van der Waals surface area contributed by atoms with E-state index in [1.165, 1.54) is 19.3 Å². The molecule has 3 atom stereocenters. The molecule has 2 aliphatic carbocycles. The van der Waals surface area contributed by atoms with Crippen LogP contribution in [-0.2, 0) is 9.53 Å². The fourth-order valence-corrected chi connectivity index (χ4v) is 5.28. The molecular formula is C15H26O2S. The van der Waals surface area contributed by atoms with E-state index < -0.39 is 0 Å². The first kappa shape index (κ1) is 14.2. The second-order valence-corrected chi connectivity index (χ2v) is 8.37. The van der Waals surface area contributed by atoms with Crippen molar-refractivity contribution in [3.63, 3.8) is 0 Å². The fourth-order valence-electron chi connectivity index (χ4n) is 3.81. The van der Waals surface area contributed by atoms with E-state index in [4.69, 9.17) is 4.74 Å². The van der Waals surface area contributed by atoms with E-state index in [1.54, 1.807) is 0 Å². The van der Waals surface area contributed by atoms with E-state index in [2.05, 4.69) is 20.8 Å². The van der Waals surface area contributed by atoms with Gasteiger partial charge in [0.2, 0.25) is 0 Å². The molecule has 0 aliphatic heterocycles. The molecule has 104 valence electrons. The van der Waals surface area contributed by atoms with Crippen LogP contribution in [0.2, 0.25) is 0 Å². The molecule has 3 unspecified atom stereocenters. The van der Waals surface area contributed by atoms with Crippen LogP contribution in [0.25, 0.3) is 0 Å². The van der Waals surface area contributed by atoms with Crippen molar-refractivity contribution >= 4 is 17.7 Å². The molecule has 0 heterocycles. The molecule has 0 amide bonds. The molecule has 2 saturated carbocycles. The third-order valence-electron chi connectivity index (χ3n) is 5.01. The maximum atomic E-state index is 11.3. The lowest BCUT2D eigenvalue weighted by atomic mass is 9.73. The summed E-state index contributed by atoms with van der Waals surface area (Å²) in [4.78, 5) is 11.3. The van der Waals surface area contributed by atoms with Gasteiger partial charge in [0.25, 0.3) is 0 Å². The first-order valence-corrected chi connectivity index (χ1v) is 8.15. The second kappa shape index (κ2) is 5.07. The van der Waals surface area contributed by atoms with Crippen LogP contribution < -0.4 is 0 Å². The van der Waals surface area contributed by atoms with Crippen LogP contribution in [-0.4, -0.2) is 23.1 Å². The van der Waals surface area contributed by atoms with Crippen molar-refractivity contribution in [2.45, 2.75) is 58.1 Å². The molecular weight excluding hydrogens is 244 g/mol. The first-order valence-electron chi connectivity index (χ1n) is 7.17. The normalized spacial score (nSPS) is 36.9. The van der Waals surface area contributed by atoms with Crippen molar-refractivity contribution < 1.29 is 9.53 Å². The SMILES string of the molecule is CCOC(=O)CCSC1(C)CC2CC1CC2(C)C. The predicted octanol–water partition coefficient (Wildman–Crippen LogP) is 3.89. The van der Waals surface area contributed by atoms with E-state index in [0.29, 0.717) is 23.2 Å². The van der Waals surface area contributed by atoms with Gasteiger partial charge >= 0.3 is 5.97 Å². The second-order valence-electron chi connectivity index (χ2n) is 6.74. The molecule has 0 aromatic heterocycles. The summed E-state index contributed by atoms with van der Waals surface area (Å²) in [6, 6.07) is 0. The quantitative estimate of drug-likeness (QED) is 0.709. The Morgan fingerprint density at radius 1 is 1.28 bits per heavy atom. The number of fused-ring (bicyclic) bond motifs is 2. The highest BCUT2D eigenvalue weighted by Gasteiger charge is 2.55. The third-order valence-corrected chi connectivity index (χ3v) is 6.57. The minimum absolute atomic E-state index is 0.0444. The van der Waals surface area contributed by atoms with Crippen LogP contribution in [0.3, 0.4) is 0 Å². The van der Waals surface area contributed by atoms with Crippen LogP contribution in [0, 0.1) is 17.3 Å². The molecule has 0 saturated heterocycles. The van der Waals surface area contributed by atoms with Crippen molar-refractivity contribution in [3.05, 3.63) is 0 Å². The van der Waals surface area contributed by atoms with E-state index >= 15 is 0 Å². The summed E-state index contributed by atoms with van der Waals surface area (Å²) in [5, 5.41) is 0. The van der Waals surface area contributed by atoms with Gasteiger partial charge in [0, 0.05) is 10.5 Å². The van der Waals surface area contributed by atoms with Gasteiger partial charge in [-0.15, -0.1) is 0 Å². The monoisotopic (exact) mass is 270 g/mol. The Morgan fingerprint density at radius 2 is 2.00 bits per heavy atom. The zero-order valence-corrected chi connectivity index (χ0v) is 12.9. The number of thioether (sulfide) groups is 1. The van der Waals surface area contributed by atoms with Crippen molar-refractivity contribution in [1.29, 1.82) is 0 Å². The highest BCUT2D eigenvalue weighted by molar-refractivity contribution is 8.00. The number of hydrogen-bond acceptors (Lipinski definition) is 3. The van der Waals surface area contributed by atoms with Gasteiger partial charge in [-0.05, 0) is 43.4 Å². The molecule has 3 heteroatoms. The summed E-state index contributed by atoms with van der Waals surface area (Å²) in [5.74, 6) is 2.61. The number of ether oxygens (including phenoxy) is 1. The molecule has 2 nitrogen and oxygen atoms in total. The molecule has 18 heavy (non-hydrogen) atoms. The maximum absolute atomic E-state index is 11.3. The van der Waals surface area contributed by atoms with Gasteiger partial charge < -0.3 is 4.74 Å². The van der Waals surface area contributed by atoms with Crippen LogP contribution in [0.15, 0.2) is 0 Å². The van der Waals surface area contributed by atoms with Crippen LogP contribution in [0.5, 0.6) is 0 Å². The average molecular weight is 270 g/mol. The van der Waals surface area contributed by atoms with Gasteiger partial charge in [0.1, 0.15) is 0 Å². The number of esters is 1. The van der Waals surface area contributed by atoms with Crippen molar-refractivity contribution in [3.8, 4) is 0 Å². The van der Waals surface area contributed by atoms with Gasteiger partial charge in [0.15, 0.2) is 0 Å². The lowest BCUT2D eigenvalue weighted by Crippen LogP contribution is -2.35. The molecule has 2 rings (SSSR count). The number of rotatable bonds is 5. The zero-order valence-electron chi connectivity index (χ0n) is 12.1. The summed E-state index contributed by atoms with van der Waals surface area (Å²) in [6.45, 7) is 9.60. The smallest absolute Gasteiger partial charge is 0.306 e. The Labute approximate surface area is 115 Å². The Bertz CT molecular complexity index is 326. The summed E-state index contributed by atoms with van der Waals surface area (Å²) in [7, 11) is 0. The lowest BCUT2D eigenvalue weighted by molar-refractivity contribution is -0.142. The Morgan fingerprint density at radius 3 is 2.50 bits per heavy atom. The van der Waals surface area contributed by atoms with Gasteiger partial charge in [-0.2, -0.15) is 11.8 Å². The maximum Gasteiger partial charge on any atom is 0.306 e. The summed E-state index contributed by atoms with van der Waals surface area (Å²) >= 11 is 2.00. The van der Waals surface area contributed by atoms with Crippen molar-refractivity contribution in [2.24, 2.45) is 17.3 Å². The molecule has 0 aromatic rings.